The van der Waals surface area contributed by atoms with Crippen molar-refractivity contribution in [3.05, 3.63) is 29.8 Å². The fourth-order valence-electron chi connectivity index (χ4n) is 3.46. The molecule has 7 heteroatoms. The first-order chi connectivity index (χ1) is 12.1. The maximum Gasteiger partial charge on any atom is 0.289 e. The van der Waals surface area contributed by atoms with Crippen LogP contribution in [0, 0.1) is 0 Å². The highest BCUT2D eigenvalue weighted by molar-refractivity contribution is 8.14. The molecule has 3 rings (SSSR count). The molecule has 2 unspecified atom stereocenters. The molecule has 1 N–H and O–H groups in total. The highest BCUT2D eigenvalue weighted by Gasteiger charge is 2.41. The maximum absolute atomic E-state index is 12.7. The van der Waals surface area contributed by atoms with Gasteiger partial charge in [0.2, 0.25) is 5.91 Å². The molecular weight excluding hydrogens is 340 g/mol. The number of hydrogen-bond donors (Lipinski definition) is 1. The fourth-order valence-corrected chi connectivity index (χ4v) is 4.22. The van der Waals surface area contributed by atoms with Gasteiger partial charge in [-0.3, -0.25) is 19.3 Å². The normalized spacial score (nSPS) is 23.6. The van der Waals surface area contributed by atoms with E-state index in [4.69, 9.17) is 4.74 Å². The lowest BCUT2D eigenvalue weighted by Gasteiger charge is -2.36. The molecule has 1 aliphatic carbocycles. The van der Waals surface area contributed by atoms with Crippen LogP contribution in [0.15, 0.2) is 24.3 Å². The molecule has 0 spiro atoms. The average molecular weight is 362 g/mol. The minimum atomic E-state index is -0.257. The van der Waals surface area contributed by atoms with Crippen molar-refractivity contribution >= 4 is 28.8 Å². The van der Waals surface area contributed by atoms with E-state index in [2.05, 4.69) is 5.32 Å². The lowest BCUT2D eigenvalue weighted by molar-refractivity contribution is -0.127. The van der Waals surface area contributed by atoms with Gasteiger partial charge in [-0.1, -0.05) is 36.7 Å². The number of nitrogens with one attached hydrogen (secondary N) is 1. The van der Waals surface area contributed by atoms with Crippen LogP contribution in [0.3, 0.4) is 0 Å². The summed E-state index contributed by atoms with van der Waals surface area (Å²) in [7, 11) is 0. The van der Waals surface area contributed by atoms with E-state index in [-0.39, 0.29) is 34.9 Å². The third-order valence-corrected chi connectivity index (χ3v) is 5.43. The minimum absolute atomic E-state index is 0.157. The molecule has 1 aromatic rings. The van der Waals surface area contributed by atoms with Crippen LogP contribution < -0.4 is 10.1 Å². The molecule has 6 nitrogen and oxygen atoms in total. The van der Waals surface area contributed by atoms with Crippen molar-refractivity contribution < 1.29 is 19.1 Å². The van der Waals surface area contributed by atoms with Gasteiger partial charge < -0.3 is 10.1 Å². The number of nitrogens with zero attached hydrogens (tertiary/aromatic N) is 1. The Balaban J connectivity index is 1.77. The molecule has 134 valence electrons. The first-order valence-electron chi connectivity index (χ1n) is 8.63. The molecule has 1 aromatic carbocycles. The van der Waals surface area contributed by atoms with Crippen molar-refractivity contribution in [2.45, 2.75) is 44.7 Å². The van der Waals surface area contributed by atoms with Crippen molar-refractivity contribution in [1.29, 1.82) is 0 Å². The molecule has 0 aromatic heterocycles. The van der Waals surface area contributed by atoms with Crippen molar-refractivity contribution in [1.82, 2.24) is 10.2 Å². The standard InChI is InChI=1S/C18H22N2O4S/c1-2-24-15-10-6-3-7-12(15)17(22)19-13-8-4-5-9-14(13)20-16(21)11-25-18(20)23/h3,6-7,10,13-14H,2,4-5,8-9,11H2,1H3,(H,19,22). The summed E-state index contributed by atoms with van der Waals surface area (Å²) >= 11 is 1.04. The zero-order chi connectivity index (χ0) is 17.8. The van der Waals surface area contributed by atoms with E-state index >= 15 is 0 Å². The zero-order valence-corrected chi connectivity index (χ0v) is 15.0. The third kappa shape index (κ3) is 3.81. The lowest BCUT2D eigenvalue weighted by atomic mass is 9.89. The summed E-state index contributed by atoms with van der Waals surface area (Å²) < 4.78 is 5.53. The van der Waals surface area contributed by atoms with Crippen molar-refractivity contribution in [3.8, 4) is 5.75 Å². The van der Waals surface area contributed by atoms with Crippen LogP contribution in [0.25, 0.3) is 0 Å². The summed E-state index contributed by atoms with van der Waals surface area (Å²) in [5, 5.41) is 2.82. The van der Waals surface area contributed by atoms with E-state index in [1.165, 1.54) is 4.90 Å². The summed E-state index contributed by atoms with van der Waals surface area (Å²) in [6.45, 7) is 2.35. The highest BCUT2D eigenvalue weighted by Crippen LogP contribution is 2.30. The van der Waals surface area contributed by atoms with Crippen LogP contribution in [0.4, 0.5) is 4.79 Å². The smallest absolute Gasteiger partial charge is 0.289 e. The molecular formula is C18H22N2O4S. The maximum atomic E-state index is 12.7. The summed E-state index contributed by atoms with van der Waals surface area (Å²) in [5.74, 6) is 0.353. The Hall–Kier alpha value is -2.02. The highest BCUT2D eigenvalue weighted by atomic mass is 32.2. The Labute approximate surface area is 151 Å². The van der Waals surface area contributed by atoms with Crippen LogP contribution in [0.1, 0.15) is 43.0 Å². The van der Waals surface area contributed by atoms with E-state index in [9.17, 15) is 14.4 Å². The van der Waals surface area contributed by atoms with E-state index < -0.39 is 0 Å². The van der Waals surface area contributed by atoms with Gasteiger partial charge in [0.05, 0.1) is 30.0 Å². The molecule has 0 bridgehead atoms. The van der Waals surface area contributed by atoms with Gasteiger partial charge in [0.15, 0.2) is 0 Å². The van der Waals surface area contributed by atoms with E-state index in [1.54, 1.807) is 18.2 Å². The van der Waals surface area contributed by atoms with Crippen LogP contribution in [-0.2, 0) is 4.79 Å². The molecule has 0 radical (unpaired) electrons. The monoisotopic (exact) mass is 362 g/mol. The first kappa shape index (κ1) is 17.8. The summed E-state index contributed by atoms with van der Waals surface area (Å²) in [6, 6.07) is 6.62. The fraction of sp³-hybridized carbons (Fsp3) is 0.500. The lowest BCUT2D eigenvalue weighted by Crippen LogP contribution is -2.54. The van der Waals surface area contributed by atoms with Gasteiger partial charge in [-0.25, -0.2) is 0 Å². The Morgan fingerprint density at radius 1 is 1.28 bits per heavy atom. The Morgan fingerprint density at radius 3 is 2.76 bits per heavy atom. The molecule has 1 aliphatic heterocycles. The zero-order valence-electron chi connectivity index (χ0n) is 14.2. The number of carbonyl (C=O) groups excluding carboxylic acids is 3. The van der Waals surface area contributed by atoms with Gasteiger partial charge in [0.25, 0.3) is 11.1 Å². The second kappa shape index (κ2) is 7.91. The number of carbonyl (C=O) groups is 3. The van der Waals surface area contributed by atoms with E-state index in [0.717, 1.165) is 37.4 Å². The Bertz CT molecular complexity index is 663. The molecule has 2 fully saturated rings. The number of rotatable bonds is 5. The SMILES string of the molecule is CCOc1ccccc1C(=O)NC1CCCCC1N1C(=O)CSC1=O. The van der Waals surface area contributed by atoms with E-state index in [1.807, 2.05) is 13.0 Å². The number of hydrogen-bond acceptors (Lipinski definition) is 5. The van der Waals surface area contributed by atoms with Crippen LogP contribution in [-0.4, -0.2) is 46.4 Å². The van der Waals surface area contributed by atoms with Gasteiger partial charge in [0.1, 0.15) is 5.75 Å². The second-order valence-corrected chi connectivity index (χ2v) is 7.11. The number of ether oxygens (including phenoxy) is 1. The van der Waals surface area contributed by atoms with Crippen molar-refractivity contribution in [2.24, 2.45) is 0 Å². The number of imide groups is 1. The van der Waals surface area contributed by atoms with Gasteiger partial charge in [-0.15, -0.1) is 0 Å². The first-order valence-corrected chi connectivity index (χ1v) is 9.62. The number of amides is 3. The average Bonchev–Trinajstić information content (AvgIpc) is 2.95. The topological polar surface area (TPSA) is 75.7 Å². The predicted octanol–water partition coefficient (Wildman–Crippen LogP) is 2.82. The van der Waals surface area contributed by atoms with Gasteiger partial charge in [-0.2, -0.15) is 0 Å². The molecule has 1 heterocycles. The molecule has 1 saturated carbocycles. The van der Waals surface area contributed by atoms with Gasteiger partial charge in [-0.05, 0) is 31.9 Å². The van der Waals surface area contributed by atoms with E-state index in [0.29, 0.717) is 17.9 Å². The number of para-hydroxylation sites is 1. The second-order valence-electron chi connectivity index (χ2n) is 6.18. The molecule has 3 amide bonds. The molecule has 2 aliphatic rings. The van der Waals surface area contributed by atoms with Crippen LogP contribution >= 0.6 is 11.8 Å². The molecule has 2 atom stereocenters. The van der Waals surface area contributed by atoms with Gasteiger partial charge in [0, 0.05) is 0 Å². The quantitative estimate of drug-likeness (QED) is 0.872. The summed E-state index contributed by atoms with van der Waals surface area (Å²) in [6.07, 6.45) is 3.41. The number of thioether (sulfide) groups is 1. The third-order valence-electron chi connectivity index (χ3n) is 4.59. The summed E-state index contributed by atoms with van der Waals surface area (Å²) in [4.78, 5) is 38.2. The Kier molecular flexibility index (Phi) is 5.63. The molecule has 25 heavy (non-hydrogen) atoms. The molecule has 1 saturated heterocycles. The Morgan fingerprint density at radius 2 is 2.04 bits per heavy atom. The summed E-state index contributed by atoms with van der Waals surface area (Å²) in [5.41, 5.74) is 0.474. The largest absolute Gasteiger partial charge is 0.493 e. The van der Waals surface area contributed by atoms with Gasteiger partial charge >= 0.3 is 0 Å². The number of benzene rings is 1. The van der Waals surface area contributed by atoms with Crippen LogP contribution in [0.2, 0.25) is 0 Å². The predicted molar refractivity (Wildman–Crippen MR) is 95.8 cm³/mol. The minimum Gasteiger partial charge on any atom is -0.493 e. The van der Waals surface area contributed by atoms with Crippen LogP contribution in [0.5, 0.6) is 5.75 Å². The van der Waals surface area contributed by atoms with Crippen molar-refractivity contribution in [2.75, 3.05) is 12.4 Å². The van der Waals surface area contributed by atoms with Crippen molar-refractivity contribution in [3.63, 3.8) is 0 Å².